The summed E-state index contributed by atoms with van der Waals surface area (Å²) in [7, 11) is 1.30. The van der Waals surface area contributed by atoms with Gasteiger partial charge in [0.05, 0.1) is 37.5 Å². The number of ketones is 1. The first-order valence-electron chi connectivity index (χ1n) is 12.1. The molecule has 3 heterocycles. The summed E-state index contributed by atoms with van der Waals surface area (Å²) in [5.74, 6) is -1.25. The van der Waals surface area contributed by atoms with Crippen LogP contribution in [0.5, 0.6) is 11.5 Å². The Bertz CT molecular complexity index is 1230. The summed E-state index contributed by atoms with van der Waals surface area (Å²) < 4.78 is 21.4. The van der Waals surface area contributed by atoms with E-state index in [1.165, 1.54) is 12.0 Å². The van der Waals surface area contributed by atoms with Gasteiger partial charge in [0.15, 0.2) is 11.5 Å². The lowest BCUT2D eigenvalue weighted by atomic mass is 9.94. The summed E-state index contributed by atoms with van der Waals surface area (Å²) in [6.45, 7) is 4.33. The van der Waals surface area contributed by atoms with Crippen LogP contribution in [0.3, 0.4) is 0 Å². The zero-order valence-corrected chi connectivity index (χ0v) is 20.5. The van der Waals surface area contributed by atoms with Gasteiger partial charge in [0.1, 0.15) is 19.0 Å². The van der Waals surface area contributed by atoms with E-state index in [4.69, 9.17) is 18.9 Å². The van der Waals surface area contributed by atoms with Crippen molar-refractivity contribution in [1.82, 2.24) is 9.80 Å². The van der Waals surface area contributed by atoms with Crippen molar-refractivity contribution in [2.24, 2.45) is 0 Å². The largest absolute Gasteiger partial charge is 0.507 e. The minimum atomic E-state index is -0.832. The molecule has 10 nitrogen and oxygen atoms in total. The number of likely N-dealkylation sites (tertiary alicyclic amines) is 1. The molecule has 1 atom stereocenters. The number of esters is 1. The third-order valence-corrected chi connectivity index (χ3v) is 6.76. The fourth-order valence-electron chi connectivity index (χ4n) is 4.80. The van der Waals surface area contributed by atoms with Gasteiger partial charge in [0.25, 0.3) is 11.7 Å². The van der Waals surface area contributed by atoms with E-state index in [2.05, 4.69) is 4.90 Å². The molecule has 194 valence electrons. The Morgan fingerprint density at radius 2 is 1.62 bits per heavy atom. The van der Waals surface area contributed by atoms with Gasteiger partial charge in [0, 0.05) is 31.7 Å². The van der Waals surface area contributed by atoms with Crippen LogP contribution in [0.4, 0.5) is 0 Å². The lowest BCUT2D eigenvalue weighted by Crippen LogP contribution is -2.42. The van der Waals surface area contributed by atoms with Gasteiger partial charge in [-0.2, -0.15) is 0 Å². The van der Waals surface area contributed by atoms with Crippen LogP contribution in [0.1, 0.15) is 27.5 Å². The summed E-state index contributed by atoms with van der Waals surface area (Å²) in [5.41, 5.74) is 1.25. The average molecular weight is 509 g/mol. The van der Waals surface area contributed by atoms with E-state index in [1.807, 2.05) is 0 Å². The van der Waals surface area contributed by atoms with Crippen LogP contribution < -0.4 is 9.47 Å². The van der Waals surface area contributed by atoms with Crippen LogP contribution in [0, 0.1) is 0 Å². The van der Waals surface area contributed by atoms with E-state index in [9.17, 15) is 19.5 Å². The van der Waals surface area contributed by atoms with Gasteiger partial charge in [-0.25, -0.2) is 4.79 Å². The number of aliphatic hydroxyl groups is 1. The number of carbonyl (C=O) groups excluding carboxylic acids is 3. The predicted octanol–water partition coefficient (Wildman–Crippen LogP) is 2.00. The maximum absolute atomic E-state index is 13.3. The molecule has 3 aliphatic heterocycles. The zero-order chi connectivity index (χ0) is 25.9. The minimum Gasteiger partial charge on any atom is -0.507 e. The molecule has 0 aromatic heterocycles. The van der Waals surface area contributed by atoms with Crippen molar-refractivity contribution in [1.29, 1.82) is 0 Å². The number of fused-ring (bicyclic) bond motifs is 1. The number of hydrogen-bond donors (Lipinski definition) is 1. The molecule has 0 bridgehead atoms. The van der Waals surface area contributed by atoms with Crippen LogP contribution in [-0.4, -0.2) is 92.3 Å². The number of rotatable bonds is 6. The van der Waals surface area contributed by atoms with Gasteiger partial charge in [-0.3, -0.25) is 14.5 Å². The Morgan fingerprint density at radius 1 is 0.946 bits per heavy atom. The van der Waals surface area contributed by atoms with E-state index in [1.54, 1.807) is 42.5 Å². The predicted molar refractivity (Wildman–Crippen MR) is 131 cm³/mol. The number of benzene rings is 2. The molecule has 37 heavy (non-hydrogen) atoms. The standard InChI is InChI=1S/C27H28N2O8/c1-34-27(33)18-4-2-17(3-5-18)23-22(24(30)19-6-7-20-21(16-19)37-15-14-36-20)25(31)26(32)29(23)9-8-28-10-12-35-13-11-28/h2-7,16,23,30H,8-15H2,1H3/b24-22+. The third kappa shape index (κ3) is 4.90. The number of amides is 1. The Kier molecular flexibility index (Phi) is 7.11. The van der Waals surface area contributed by atoms with Crippen molar-refractivity contribution in [3.05, 3.63) is 64.7 Å². The first kappa shape index (κ1) is 24.8. The Labute approximate surface area is 214 Å². The topological polar surface area (TPSA) is 115 Å². The van der Waals surface area contributed by atoms with Crippen molar-refractivity contribution in [2.75, 3.05) is 59.7 Å². The molecule has 1 unspecified atom stereocenters. The molecule has 1 N–H and O–H groups in total. The van der Waals surface area contributed by atoms with E-state index < -0.39 is 23.7 Å². The Balaban J connectivity index is 1.53. The lowest BCUT2D eigenvalue weighted by molar-refractivity contribution is -0.140. The van der Waals surface area contributed by atoms with Crippen LogP contribution in [0.25, 0.3) is 5.76 Å². The SMILES string of the molecule is COC(=O)c1ccc(C2/C(=C(\O)c3ccc4c(c3)OCCO4)C(=O)C(=O)N2CCN2CCOCC2)cc1. The molecule has 0 saturated carbocycles. The number of aliphatic hydroxyl groups excluding tert-OH is 1. The van der Waals surface area contributed by atoms with Crippen LogP contribution in [-0.2, 0) is 19.1 Å². The molecule has 0 spiro atoms. The van der Waals surface area contributed by atoms with Crippen molar-refractivity contribution >= 4 is 23.4 Å². The first-order valence-corrected chi connectivity index (χ1v) is 12.1. The molecule has 2 saturated heterocycles. The number of methoxy groups -OCH3 is 1. The van der Waals surface area contributed by atoms with E-state index in [0.29, 0.717) is 61.2 Å². The molecule has 0 radical (unpaired) electrons. The number of nitrogens with zero attached hydrogens (tertiary/aromatic N) is 2. The molecule has 10 heteroatoms. The number of hydrogen-bond acceptors (Lipinski definition) is 9. The lowest BCUT2D eigenvalue weighted by Gasteiger charge is -2.31. The third-order valence-electron chi connectivity index (χ3n) is 6.76. The van der Waals surface area contributed by atoms with Crippen molar-refractivity contribution in [2.45, 2.75) is 6.04 Å². The number of carbonyl (C=O) groups is 3. The molecular weight excluding hydrogens is 480 g/mol. The highest BCUT2D eigenvalue weighted by molar-refractivity contribution is 6.46. The van der Waals surface area contributed by atoms with Crippen LogP contribution in [0.15, 0.2) is 48.0 Å². The smallest absolute Gasteiger partial charge is 0.337 e. The molecular formula is C27H28N2O8. The average Bonchev–Trinajstić information content (AvgIpc) is 3.20. The molecule has 0 aliphatic carbocycles. The Hall–Kier alpha value is -3.89. The van der Waals surface area contributed by atoms with Crippen molar-refractivity contribution in [3.63, 3.8) is 0 Å². The van der Waals surface area contributed by atoms with E-state index in [-0.39, 0.29) is 17.9 Å². The molecule has 1 amide bonds. The summed E-state index contributed by atoms with van der Waals surface area (Å²) >= 11 is 0. The van der Waals surface area contributed by atoms with Crippen molar-refractivity contribution in [3.8, 4) is 11.5 Å². The van der Waals surface area contributed by atoms with Gasteiger partial charge in [-0.1, -0.05) is 12.1 Å². The van der Waals surface area contributed by atoms with E-state index in [0.717, 1.165) is 13.1 Å². The molecule has 2 aromatic carbocycles. The quantitative estimate of drug-likeness (QED) is 0.271. The van der Waals surface area contributed by atoms with Gasteiger partial charge >= 0.3 is 5.97 Å². The summed E-state index contributed by atoms with van der Waals surface area (Å²) in [6, 6.07) is 10.5. The second-order valence-corrected chi connectivity index (χ2v) is 8.92. The first-order chi connectivity index (χ1) is 18.0. The summed E-state index contributed by atoms with van der Waals surface area (Å²) in [5, 5.41) is 11.3. The summed E-state index contributed by atoms with van der Waals surface area (Å²) in [4.78, 5) is 42.1. The maximum atomic E-state index is 13.3. The molecule has 5 rings (SSSR count). The summed E-state index contributed by atoms with van der Waals surface area (Å²) in [6.07, 6.45) is 0. The highest BCUT2D eigenvalue weighted by atomic mass is 16.6. The van der Waals surface area contributed by atoms with Gasteiger partial charge < -0.3 is 29.0 Å². The Morgan fingerprint density at radius 3 is 2.32 bits per heavy atom. The van der Waals surface area contributed by atoms with Gasteiger partial charge in [-0.15, -0.1) is 0 Å². The monoisotopic (exact) mass is 508 g/mol. The fraction of sp³-hybridized carbons (Fsp3) is 0.370. The van der Waals surface area contributed by atoms with Crippen molar-refractivity contribution < 1.29 is 38.4 Å². The zero-order valence-electron chi connectivity index (χ0n) is 20.5. The van der Waals surface area contributed by atoms with E-state index >= 15 is 0 Å². The van der Waals surface area contributed by atoms with Crippen LogP contribution in [0.2, 0.25) is 0 Å². The minimum absolute atomic E-state index is 0.0190. The normalized spacial score (nSPS) is 21.2. The highest BCUT2D eigenvalue weighted by Crippen LogP contribution is 2.41. The number of Topliss-reactive ketones (excluding diaryl/α,β-unsaturated/α-hetero) is 1. The highest BCUT2D eigenvalue weighted by Gasteiger charge is 2.46. The molecule has 2 fully saturated rings. The van der Waals surface area contributed by atoms with Crippen LogP contribution >= 0.6 is 0 Å². The second-order valence-electron chi connectivity index (χ2n) is 8.92. The molecule has 2 aromatic rings. The molecule has 3 aliphatic rings. The number of morpholine rings is 1. The number of ether oxygens (including phenoxy) is 4. The van der Waals surface area contributed by atoms with Gasteiger partial charge in [0.2, 0.25) is 0 Å². The fourth-order valence-corrected chi connectivity index (χ4v) is 4.80. The maximum Gasteiger partial charge on any atom is 0.337 e. The van der Waals surface area contributed by atoms with Gasteiger partial charge in [-0.05, 0) is 35.9 Å². The second kappa shape index (κ2) is 10.6.